The van der Waals surface area contributed by atoms with E-state index in [1.165, 1.54) is 11.1 Å². The molecule has 20 heavy (non-hydrogen) atoms. The monoisotopic (exact) mass is 270 g/mol. The summed E-state index contributed by atoms with van der Waals surface area (Å²) in [4.78, 5) is 5.99. The van der Waals surface area contributed by atoms with Crippen molar-refractivity contribution in [2.45, 2.75) is 13.1 Å². The van der Waals surface area contributed by atoms with Crippen molar-refractivity contribution in [2.24, 2.45) is 0 Å². The van der Waals surface area contributed by atoms with Gasteiger partial charge in [0.1, 0.15) is 12.4 Å². The molecule has 0 aliphatic heterocycles. The van der Waals surface area contributed by atoms with Crippen LogP contribution in [0.2, 0.25) is 0 Å². The Morgan fingerprint density at radius 2 is 1.20 bits per heavy atom. The van der Waals surface area contributed by atoms with E-state index in [0.717, 1.165) is 13.1 Å². The van der Waals surface area contributed by atoms with Crippen LogP contribution in [-0.2, 0) is 13.1 Å². The number of benzene rings is 1. The SMILES string of the molecule is c1c[n+](NCc2ccc(CN[n+]3cc[nH]c3)cc2)c[nH]1. The van der Waals surface area contributed by atoms with Crippen LogP contribution < -0.4 is 20.2 Å². The number of nitrogens with zero attached hydrogens (tertiary/aromatic N) is 2. The molecule has 4 N–H and O–H groups in total. The summed E-state index contributed by atoms with van der Waals surface area (Å²) in [6.07, 6.45) is 11.4. The maximum Gasteiger partial charge on any atom is 0.264 e. The summed E-state index contributed by atoms with van der Waals surface area (Å²) < 4.78 is 3.80. The van der Waals surface area contributed by atoms with E-state index in [9.17, 15) is 0 Å². The molecule has 3 aromatic rings. The smallest absolute Gasteiger partial charge is 0.252 e. The predicted octanol–water partition coefficient (Wildman–Crippen LogP) is 0.405. The quantitative estimate of drug-likeness (QED) is 0.490. The number of aromatic amines is 2. The molecule has 6 heteroatoms. The van der Waals surface area contributed by atoms with Crippen molar-refractivity contribution in [1.82, 2.24) is 9.97 Å². The van der Waals surface area contributed by atoms with Gasteiger partial charge in [-0.25, -0.2) is 9.97 Å². The zero-order chi connectivity index (χ0) is 13.6. The molecule has 0 amide bonds. The molecule has 0 unspecified atom stereocenters. The van der Waals surface area contributed by atoms with E-state index in [-0.39, 0.29) is 0 Å². The topological polar surface area (TPSA) is 63.4 Å². The Balaban J connectivity index is 1.51. The minimum Gasteiger partial charge on any atom is -0.252 e. The molecule has 0 saturated carbocycles. The number of aromatic nitrogens is 4. The van der Waals surface area contributed by atoms with E-state index >= 15 is 0 Å². The number of nitrogens with one attached hydrogen (secondary N) is 4. The van der Waals surface area contributed by atoms with Crippen LogP contribution in [0.15, 0.2) is 61.7 Å². The molecule has 0 atom stereocenters. The highest BCUT2D eigenvalue weighted by atomic mass is 15.4. The first-order chi connectivity index (χ1) is 9.90. The van der Waals surface area contributed by atoms with Gasteiger partial charge < -0.3 is 0 Å². The van der Waals surface area contributed by atoms with Crippen LogP contribution in [0.4, 0.5) is 0 Å². The molecule has 0 spiro atoms. The summed E-state index contributed by atoms with van der Waals surface area (Å²) in [6, 6.07) is 8.55. The zero-order valence-corrected chi connectivity index (χ0v) is 11.1. The molecule has 2 aromatic heterocycles. The second-order valence-corrected chi connectivity index (χ2v) is 4.52. The highest BCUT2D eigenvalue weighted by Gasteiger charge is 1.99. The number of hydrogen-bond acceptors (Lipinski definition) is 2. The number of rotatable bonds is 6. The van der Waals surface area contributed by atoms with Crippen LogP contribution in [0, 0.1) is 0 Å². The van der Waals surface area contributed by atoms with Crippen molar-refractivity contribution in [3.8, 4) is 0 Å². The lowest BCUT2D eigenvalue weighted by atomic mass is 10.1. The van der Waals surface area contributed by atoms with Gasteiger partial charge in [0.25, 0.3) is 12.7 Å². The van der Waals surface area contributed by atoms with E-state index in [0.29, 0.717) is 0 Å². The fraction of sp³-hybridized carbons (Fsp3) is 0.143. The van der Waals surface area contributed by atoms with Crippen LogP contribution >= 0.6 is 0 Å². The van der Waals surface area contributed by atoms with E-state index in [2.05, 4.69) is 45.1 Å². The Hall–Kier alpha value is -2.76. The summed E-state index contributed by atoms with van der Waals surface area (Å²) in [5.74, 6) is 0. The van der Waals surface area contributed by atoms with Gasteiger partial charge >= 0.3 is 0 Å². The van der Waals surface area contributed by atoms with E-state index in [1.807, 2.05) is 46.8 Å². The van der Waals surface area contributed by atoms with E-state index < -0.39 is 0 Å². The fourth-order valence-electron chi connectivity index (χ4n) is 1.92. The Morgan fingerprint density at radius 3 is 1.55 bits per heavy atom. The molecule has 1 aromatic carbocycles. The fourth-order valence-corrected chi connectivity index (χ4v) is 1.92. The third-order valence-electron chi connectivity index (χ3n) is 3.04. The standard InChI is InChI=1S/C14H16N6/c1-2-14(10-18-20-8-6-16-12-20)4-3-13(1)9-17-19-7-5-15-11-19/h1-8,11-12,17-18H,9-10H2/p+2. The highest BCUT2D eigenvalue weighted by molar-refractivity contribution is 5.23. The summed E-state index contributed by atoms with van der Waals surface area (Å²) in [5, 5.41) is 0. The van der Waals surface area contributed by atoms with Gasteiger partial charge in [0.15, 0.2) is 12.4 Å². The second-order valence-electron chi connectivity index (χ2n) is 4.52. The first-order valence-electron chi connectivity index (χ1n) is 6.54. The summed E-state index contributed by atoms with van der Waals surface area (Å²) in [7, 11) is 0. The van der Waals surface area contributed by atoms with Crippen molar-refractivity contribution in [3.63, 3.8) is 0 Å². The van der Waals surface area contributed by atoms with Crippen LogP contribution in [-0.4, -0.2) is 9.97 Å². The number of hydrogen-bond donors (Lipinski definition) is 4. The van der Waals surface area contributed by atoms with Gasteiger partial charge in [-0.1, -0.05) is 24.3 Å². The third-order valence-corrected chi connectivity index (χ3v) is 3.04. The molecule has 0 aliphatic carbocycles. The van der Waals surface area contributed by atoms with Crippen molar-refractivity contribution in [3.05, 3.63) is 72.8 Å². The normalized spacial score (nSPS) is 10.4. The van der Waals surface area contributed by atoms with Crippen LogP contribution in [0.25, 0.3) is 0 Å². The van der Waals surface area contributed by atoms with Gasteiger partial charge in [0.05, 0.1) is 13.1 Å². The largest absolute Gasteiger partial charge is 0.264 e. The molecule has 0 fully saturated rings. The van der Waals surface area contributed by atoms with E-state index in [1.54, 1.807) is 0 Å². The molecule has 0 radical (unpaired) electrons. The Bertz CT molecular complexity index is 555. The Labute approximate surface area is 117 Å². The minimum atomic E-state index is 0.794. The van der Waals surface area contributed by atoms with E-state index in [4.69, 9.17) is 0 Å². The van der Waals surface area contributed by atoms with Crippen molar-refractivity contribution >= 4 is 0 Å². The van der Waals surface area contributed by atoms with Gasteiger partial charge in [-0.05, 0) is 11.1 Å². The molecule has 2 heterocycles. The maximum absolute atomic E-state index is 3.28. The van der Waals surface area contributed by atoms with Crippen molar-refractivity contribution in [1.29, 1.82) is 0 Å². The van der Waals surface area contributed by atoms with Crippen LogP contribution in [0.1, 0.15) is 11.1 Å². The first-order valence-corrected chi connectivity index (χ1v) is 6.54. The summed E-state index contributed by atoms with van der Waals surface area (Å²) >= 11 is 0. The summed E-state index contributed by atoms with van der Waals surface area (Å²) in [6.45, 7) is 1.59. The van der Waals surface area contributed by atoms with Crippen LogP contribution in [0.5, 0.6) is 0 Å². The average Bonchev–Trinajstić information content (AvgIpc) is 3.17. The molecule has 102 valence electrons. The maximum atomic E-state index is 3.28. The Morgan fingerprint density at radius 1 is 0.750 bits per heavy atom. The second kappa shape index (κ2) is 5.92. The number of H-pyrrole nitrogens is 2. The third kappa shape index (κ3) is 3.17. The predicted molar refractivity (Wildman–Crippen MR) is 74.5 cm³/mol. The molecular formula is C14H18N6+2. The lowest BCUT2D eigenvalue weighted by Gasteiger charge is -2.05. The van der Waals surface area contributed by atoms with Crippen LogP contribution in [0.3, 0.4) is 0 Å². The van der Waals surface area contributed by atoms with Gasteiger partial charge in [-0.2, -0.15) is 0 Å². The number of imidazole rings is 2. The van der Waals surface area contributed by atoms with Gasteiger partial charge in [-0.3, -0.25) is 10.9 Å². The molecule has 3 rings (SSSR count). The lowest BCUT2D eigenvalue weighted by Crippen LogP contribution is -2.42. The Kier molecular flexibility index (Phi) is 3.64. The van der Waals surface area contributed by atoms with Gasteiger partial charge in [-0.15, -0.1) is 9.35 Å². The van der Waals surface area contributed by atoms with Crippen molar-refractivity contribution < 1.29 is 9.35 Å². The molecule has 6 nitrogen and oxygen atoms in total. The zero-order valence-electron chi connectivity index (χ0n) is 11.1. The molecular weight excluding hydrogens is 252 g/mol. The summed E-state index contributed by atoms with van der Waals surface area (Å²) in [5.41, 5.74) is 9.05. The van der Waals surface area contributed by atoms with Crippen molar-refractivity contribution in [2.75, 3.05) is 10.9 Å². The minimum absolute atomic E-state index is 0.794. The highest BCUT2D eigenvalue weighted by Crippen LogP contribution is 2.04. The molecule has 0 bridgehead atoms. The van der Waals surface area contributed by atoms with Gasteiger partial charge in [0.2, 0.25) is 0 Å². The molecule has 0 aliphatic rings. The average molecular weight is 270 g/mol. The first kappa shape index (κ1) is 12.3. The lowest BCUT2D eigenvalue weighted by molar-refractivity contribution is -0.650. The molecule has 0 saturated heterocycles. The van der Waals surface area contributed by atoms with Gasteiger partial charge in [0, 0.05) is 0 Å².